The van der Waals surface area contributed by atoms with Gasteiger partial charge in [-0.3, -0.25) is 10.4 Å². The van der Waals surface area contributed by atoms with Crippen LogP contribution in [0.5, 0.6) is 5.75 Å². The molecule has 0 fully saturated rings. The molecule has 8 nitrogen and oxygen atoms in total. The number of nitrogens with zero attached hydrogens (tertiary/aromatic N) is 2. The number of urea groups is 1. The second kappa shape index (κ2) is 8.24. The van der Waals surface area contributed by atoms with Crippen LogP contribution in [0.1, 0.15) is 22.6 Å². The maximum Gasteiger partial charge on any atom is 0.320 e. The molecule has 30 heavy (non-hydrogen) atoms. The van der Waals surface area contributed by atoms with E-state index in [2.05, 4.69) is 26.0 Å². The van der Waals surface area contributed by atoms with E-state index in [1.54, 1.807) is 18.2 Å². The number of hydrogen-bond donors (Lipinski definition) is 3. The Morgan fingerprint density at radius 3 is 2.73 bits per heavy atom. The molecule has 154 valence electrons. The first-order chi connectivity index (χ1) is 14.5. The van der Waals surface area contributed by atoms with Crippen LogP contribution in [0.25, 0.3) is 10.9 Å². The van der Waals surface area contributed by atoms with Crippen molar-refractivity contribution in [2.24, 2.45) is 0 Å². The van der Waals surface area contributed by atoms with Gasteiger partial charge in [-0.15, -0.1) is 0 Å². The number of halogens is 1. The number of aromatic nitrogens is 3. The topological polar surface area (TPSA) is 105 Å². The van der Waals surface area contributed by atoms with Crippen molar-refractivity contribution in [2.45, 2.75) is 27.0 Å². The number of aromatic amines is 1. The number of nitrogens with one attached hydrogen (secondary N) is 3. The molecule has 0 saturated heterocycles. The summed E-state index contributed by atoms with van der Waals surface area (Å²) in [4.78, 5) is 12.2. The van der Waals surface area contributed by atoms with Crippen LogP contribution < -0.4 is 15.4 Å². The molecule has 0 saturated carbocycles. The molecule has 0 aliphatic carbocycles. The molecule has 3 N–H and O–H groups in total. The minimum atomic E-state index is -0.422. The van der Waals surface area contributed by atoms with Gasteiger partial charge < -0.3 is 14.6 Å². The van der Waals surface area contributed by atoms with Crippen molar-refractivity contribution < 1.29 is 18.4 Å². The third kappa shape index (κ3) is 4.24. The molecule has 0 aliphatic heterocycles. The first kappa shape index (κ1) is 19.4. The second-order valence-corrected chi connectivity index (χ2v) is 6.81. The molecular formula is C21H20FN5O3. The molecule has 0 spiro atoms. The molecule has 2 heterocycles. The Labute approximate surface area is 171 Å². The number of hydrogen-bond acceptors (Lipinski definition) is 5. The molecule has 0 atom stereocenters. The van der Waals surface area contributed by atoms with Crippen LogP contribution in [-0.4, -0.2) is 21.4 Å². The van der Waals surface area contributed by atoms with E-state index >= 15 is 0 Å². The minimum absolute atomic E-state index is 0.264. The number of amides is 2. The van der Waals surface area contributed by atoms with Crippen molar-refractivity contribution in [3.05, 3.63) is 70.9 Å². The van der Waals surface area contributed by atoms with E-state index in [0.717, 1.165) is 28.1 Å². The van der Waals surface area contributed by atoms with E-state index in [-0.39, 0.29) is 12.4 Å². The van der Waals surface area contributed by atoms with Crippen LogP contribution in [-0.2, 0) is 13.2 Å². The molecular weight excluding hydrogens is 389 g/mol. The van der Waals surface area contributed by atoms with Gasteiger partial charge in [0.2, 0.25) is 0 Å². The summed E-state index contributed by atoms with van der Waals surface area (Å²) in [5.74, 6) is 1.40. The normalized spacial score (nSPS) is 10.9. The summed E-state index contributed by atoms with van der Waals surface area (Å²) in [5, 5.41) is 17.1. The Morgan fingerprint density at radius 2 is 2.00 bits per heavy atom. The van der Waals surface area contributed by atoms with Crippen molar-refractivity contribution in [3.63, 3.8) is 0 Å². The number of carbonyl (C=O) groups is 1. The van der Waals surface area contributed by atoms with Crippen molar-refractivity contribution >= 4 is 22.8 Å². The average molecular weight is 409 g/mol. The molecule has 0 bridgehead atoms. The van der Waals surface area contributed by atoms with E-state index in [4.69, 9.17) is 9.26 Å². The highest BCUT2D eigenvalue weighted by atomic mass is 19.1. The lowest BCUT2D eigenvalue weighted by Crippen LogP contribution is -2.28. The fourth-order valence-electron chi connectivity index (χ4n) is 2.98. The first-order valence-corrected chi connectivity index (χ1v) is 9.31. The van der Waals surface area contributed by atoms with Gasteiger partial charge in [-0.05, 0) is 49.7 Å². The van der Waals surface area contributed by atoms with E-state index in [1.807, 2.05) is 26.0 Å². The Bertz CT molecular complexity index is 1160. The number of anilines is 1. The van der Waals surface area contributed by atoms with Gasteiger partial charge in [-0.2, -0.15) is 5.10 Å². The molecule has 0 radical (unpaired) electrons. The maximum atomic E-state index is 13.0. The van der Waals surface area contributed by atoms with Crippen LogP contribution in [0.3, 0.4) is 0 Å². The van der Waals surface area contributed by atoms with Gasteiger partial charge in [0.05, 0.1) is 16.8 Å². The van der Waals surface area contributed by atoms with Crippen molar-refractivity contribution in [3.8, 4) is 5.75 Å². The fourth-order valence-corrected chi connectivity index (χ4v) is 2.98. The number of benzene rings is 2. The number of fused-ring (bicyclic) bond motifs is 1. The second-order valence-electron chi connectivity index (χ2n) is 6.81. The molecule has 4 aromatic rings. The van der Waals surface area contributed by atoms with E-state index in [1.165, 1.54) is 12.1 Å². The molecule has 2 aromatic heterocycles. The van der Waals surface area contributed by atoms with E-state index in [9.17, 15) is 9.18 Å². The third-order valence-corrected chi connectivity index (χ3v) is 4.70. The summed E-state index contributed by atoms with van der Waals surface area (Å²) < 4.78 is 24.0. The lowest BCUT2D eigenvalue weighted by atomic mass is 10.2. The summed E-state index contributed by atoms with van der Waals surface area (Å²) >= 11 is 0. The summed E-state index contributed by atoms with van der Waals surface area (Å²) in [5.41, 5.74) is 3.24. The monoisotopic (exact) mass is 409 g/mol. The lowest BCUT2D eigenvalue weighted by molar-refractivity contribution is 0.251. The van der Waals surface area contributed by atoms with Gasteiger partial charge in [0.15, 0.2) is 5.82 Å². The zero-order valence-electron chi connectivity index (χ0n) is 16.5. The van der Waals surface area contributed by atoms with E-state index in [0.29, 0.717) is 23.6 Å². The Morgan fingerprint density at radius 1 is 1.20 bits per heavy atom. The van der Waals surface area contributed by atoms with Gasteiger partial charge in [0.1, 0.15) is 23.9 Å². The maximum absolute atomic E-state index is 13.0. The van der Waals surface area contributed by atoms with Crippen LogP contribution >= 0.6 is 0 Å². The van der Waals surface area contributed by atoms with Crippen molar-refractivity contribution in [1.82, 2.24) is 20.7 Å². The number of ether oxygens (including phenoxy) is 1. The predicted molar refractivity (Wildman–Crippen MR) is 109 cm³/mol. The van der Waals surface area contributed by atoms with Crippen LogP contribution in [0, 0.1) is 19.7 Å². The molecule has 4 rings (SSSR count). The SMILES string of the molecule is Cc1noc(C)c1COc1ccc2[nH]nc(NC(=O)NCc3ccc(F)cc3)c2c1. The standard InChI is InChI=1S/C21H20FN5O3/c1-12-18(13(2)30-27-12)11-29-16-7-8-19-17(9-16)20(26-25-19)24-21(28)23-10-14-3-5-15(22)6-4-14/h3-9H,10-11H2,1-2H3,(H3,23,24,25,26,28). The number of aryl methyl sites for hydroxylation is 2. The quantitative estimate of drug-likeness (QED) is 0.442. The zero-order chi connectivity index (χ0) is 21.1. The van der Waals surface area contributed by atoms with Crippen molar-refractivity contribution in [2.75, 3.05) is 5.32 Å². The van der Waals surface area contributed by atoms with Crippen LogP contribution in [0.15, 0.2) is 47.0 Å². The smallest absolute Gasteiger partial charge is 0.320 e. The van der Waals surface area contributed by atoms with Crippen LogP contribution in [0.2, 0.25) is 0 Å². The Kier molecular flexibility index (Phi) is 5.34. The highest BCUT2D eigenvalue weighted by Crippen LogP contribution is 2.26. The number of rotatable bonds is 6. The summed E-state index contributed by atoms with van der Waals surface area (Å²) in [6, 6.07) is 10.9. The van der Waals surface area contributed by atoms with Gasteiger partial charge in [0.25, 0.3) is 0 Å². The van der Waals surface area contributed by atoms with Crippen molar-refractivity contribution in [1.29, 1.82) is 0 Å². The largest absolute Gasteiger partial charge is 0.489 e. The number of H-pyrrole nitrogens is 1. The highest BCUT2D eigenvalue weighted by Gasteiger charge is 2.12. The molecule has 0 aliphatic rings. The number of carbonyl (C=O) groups excluding carboxylic acids is 1. The predicted octanol–water partition coefficient (Wildman–Crippen LogP) is 4.21. The molecule has 2 amide bonds. The van der Waals surface area contributed by atoms with Gasteiger partial charge in [0, 0.05) is 11.9 Å². The lowest BCUT2D eigenvalue weighted by Gasteiger charge is -2.08. The van der Waals surface area contributed by atoms with Crippen LogP contribution in [0.4, 0.5) is 15.0 Å². The third-order valence-electron chi connectivity index (χ3n) is 4.70. The fraction of sp³-hybridized carbons (Fsp3) is 0.190. The summed E-state index contributed by atoms with van der Waals surface area (Å²) in [7, 11) is 0. The van der Waals surface area contributed by atoms with E-state index < -0.39 is 6.03 Å². The highest BCUT2D eigenvalue weighted by molar-refractivity contribution is 5.99. The van der Waals surface area contributed by atoms with Gasteiger partial charge >= 0.3 is 6.03 Å². The first-order valence-electron chi connectivity index (χ1n) is 9.31. The molecule has 2 aromatic carbocycles. The molecule has 0 unspecified atom stereocenters. The molecule has 9 heteroatoms. The zero-order valence-corrected chi connectivity index (χ0v) is 16.5. The summed E-state index contributed by atoms with van der Waals surface area (Å²) in [6.07, 6.45) is 0. The van der Waals surface area contributed by atoms with Gasteiger partial charge in [-0.25, -0.2) is 9.18 Å². The minimum Gasteiger partial charge on any atom is -0.489 e. The summed E-state index contributed by atoms with van der Waals surface area (Å²) in [6.45, 7) is 4.29. The Balaban J connectivity index is 1.42. The average Bonchev–Trinajstić information content (AvgIpc) is 3.28. The Hall–Kier alpha value is -3.88. The van der Waals surface area contributed by atoms with Gasteiger partial charge in [-0.1, -0.05) is 17.3 Å².